The van der Waals surface area contributed by atoms with E-state index in [0.717, 1.165) is 32.1 Å². The van der Waals surface area contributed by atoms with Gasteiger partial charge in [0.25, 0.3) is 10.1 Å². The van der Waals surface area contributed by atoms with Crippen molar-refractivity contribution in [3.05, 3.63) is 0 Å². The van der Waals surface area contributed by atoms with E-state index >= 15 is 0 Å². The molecule has 0 amide bonds. The van der Waals surface area contributed by atoms with Crippen LogP contribution in [0.4, 0.5) is 0 Å². The number of rotatable bonds is 17. The quantitative estimate of drug-likeness (QED) is 0.282. The van der Waals surface area contributed by atoms with Gasteiger partial charge in [-0.25, -0.2) is 0 Å². The van der Waals surface area contributed by atoms with Crippen LogP contribution in [0.5, 0.6) is 0 Å². The molecule has 1 atom stereocenters. The summed E-state index contributed by atoms with van der Waals surface area (Å²) < 4.78 is 32.1. The third-order valence-electron chi connectivity index (χ3n) is 4.49. The Morgan fingerprint density at radius 3 is 1.48 bits per heavy atom. The van der Waals surface area contributed by atoms with Gasteiger partial charge in [0.15, 0.2) is 0 Å². The Labute approximate surface area is 143 Å². The Kier molecular flexibility index (Phi) is 15.3. The summed E-state index contributed by atoms with van der Waals surface area (Å²) in [7, 11) is -3.92. The van der Waals surface area contributed by atoms with Crippen molar-refractivity contribution in [1.82, 2.24) is 0 Å². The van der Waals surface area contributed by atoms with Crippen molar-refractivity contribution in [2.45, 2.75) is 108 Å². The van der Waals surface area contributed by atoms with Gasteiger partial charge in [-0.15, -0.1) is 0 Å². The number of aliphatic hydroxyl groups is 1. The van der Waals surface area contributed by atoms with Crippen LogP contribution in [0, 0.1) is 0 Å². The molecular weight excluding hydrogens is 312 g/mol. The zero-order valence-electron chi connectivity index (χ0n) is 15.0. The van der Waals surface area contributed by atoms with Gasteiger partial charge in [0.1, 0.15) is 0 Å². The standard InChI is InChI=1S/C18H38O4S/c1-2-3-4-5-6-7-8-9-10-12-15-18(23(20,21)22)16-13-11-14-17-19/h18-19H,2-17H2,1H3,(H,20,21,22). The first-order valence-corrected chi connectivity index (χ1v) is 11.1. The fourth-order valence-electron chi connectivity index (χ4n) is 2.96. The molecule has 0 spiro atoms. The van der Waals surface area contributed by atoms with Crippen molar-refractivity contribution < 1.29 is 18.1 Å². The third kappa shape index (κ3) is 15.2. The Morgan fingerprint density at radius 1 is 0.696 bits per heavy atom. The average molecular weight is 351 g/mol. The SMILES string of the molecule is CCCCCCCCCCCCC(CCCCCO)S(=O)(=O)O. The molecule has 0 saturated carbocycles. The molecule has 2 N–H and O–H groups in total. The van der Waals surface area contributed by atoms with Crippen LogP contribution >= 0.6 is 0 Å². The van der Waals surface area contributed by atoms with E-state index in [1.807, 2.05) is 0 Å². The van der Waals surface area contributed by atoms with Crippen LogP contribution in [0.15, 0.2) is 0 Å². The van der Waals surface area contributed by atoms with Crippen LogP contribution < -0.4 is 0 Å². The summed E-state index contributed by atoms with van der Waals surface area (Å²) in [4.78, 5) is 0. The molecule has 5 heteroatoms. The van der Waals surface area contributed by atoms with Crippen molar-refractivity contribution in [3.8, 4) is 0 Å². The Bertz CT molecular complexity index is 341. The van der Waals surface area contributed by atoms with Gasteiger partial charge >= 0.3 is 0 Å². The molecule has 0 rings (SSSR count). The van der Waals surface area contributed by atoms with Crippen LogP contribution in [0.25, 0.3) is 0 Å². The molecule has 23 heavy (non-hydrogen) atoms. The molecule has 140 valence electrons. The summed E-state index contributed by atoms with van der Waals surface area (Å²) in [6.45, 7) is 2.38. The minimum Gasteiger partial charge on any atom is -0.396 e. The largest absolute Gasteiger partial charge is 0.396 e. The molecule has 0 saturated heterocycles. The van der Waals surface area contributed by atoms with Crippen molar-refractivity contribution in [3.63, 3.8) is 0 Å². The van der Waals surface area contributed by atoms with Gasteiger partial charge in [-0.1, -0.05) is 84.0 Å². The second kappa shape index (κ2) is 15.4. The number of hydrogen-bond acceptors (Lipinski definition) is 3. The highest BCUT2D eigenvalue weighted by molar-refractivity contribution is 7.86. The van der Waals surface area contributed by atoms with Crippen LogP contribution in [0.1, 0.15) is 103 Å². The Hall–Kier alpha value is -0.130. The number of hydrogen-bond donors (Lipinski definition) is 2. The lowest BCUT2D eigenvalue weighted by atomic mass is 10.0. The van der Waals surface area contributed by atoms with E-state index in [-0.39, 0.29) is 6.61 Å². The first kappa shape index (κ1) is 22.9. The molecule has 0 aliphatic rings. The fourth-order valence-corrected chi connectivity index (χ4v) is 3.89. The zero-order chi connectivity index (χ0) is 17.4. The van der Waals surface area contributed by atoms with Crippen molar-refractivity contribution >= 4 is 10.1 Å². The maximum absolute atomic E-state index is 11.4. The van der Waals surface area contributed by atoms with Gasteiger partial charge in [-0.3, -0.25) is 4.55 Å². The van der Waals surface area contributed by atoms with E-state index in [9.17, 15) is 13.0 Å². The molecule has 1 unspecified atom stereocenters. The highest BCUT2D eigenvalue weighted by Gasteiger charge is 2.21. The second-order valence-electron chi connectivity index (χ2n) is 6.68. The van der Waals surface area contributed by atoms with Crippen LogP contribution in [-0.4, -0.2) is 29.9 Å². The lowest BCUT2D eigenvalue weighted by Gasteiger charge is -2.13. The van der Waals surface area contributed by atoms with Gasteiger partial charge in [-0.2, -0.15) is 8.42 Å². The third-order valence-corrected chi connectivity index (χ3v) is 5.80. The summed E-state index contributed by atoms with van der Waals surface area (Å²) in [5.74, 6) is 0. The molecule has 0 fully saturated rings. The maximum atomic E-state index is 11.4. The smallest absolute Gasteiger partial charge is 0.267 e. The van der Waals surface area contributed by atoms with Crippen LogP contribution in [-0.2, 0) is 10.1 Å². The topological polar surface area (TPSA) is 74.6 Å². The average Bonchev–Trinajstić information content (AvgIpc) is 2.50. The summed E-state index contributed by atoms with van der Waals surface area (Å²) in [6, 6.07) is 0. The van der Waals surface area contributed by atoms with E-state index in [4.69, 9.17) is 5.11 Å². The Balaban J connectivity index is 3.63. The van der Waals surface area contributed by atoms with E-state index in [1.165, 1.54) is 44.9 Å². The molecule has 0 heterocycles. The highest BCUT2D eigenvalue weighted by atomic mass is 32.2. The predicted molar refractivity (Wildman–Crippen MR) is 97.4 cm³/mol. The molecule has 4 nitrogen and oxygen atoms in total. The maximum Gasteiger partial charge on any atom is 0.267 e. The van der Waals surface area contributed by atoms with Gasteiger partial charge in [-0.05, 0) is 19.3 Å². The van der Waals surface area contributed by atoms with Gasteiger partial charge in [0.05, 0.1) is 5.25 Å². The van der Waals surface area contributed by atoms with E-state index in [2.05, 4.69) is 6.92 Å². The van der Waals surface area contributed by atoms with Gasteiger partial charge < -0.3 is 5.11 Å². The van der Waals surface area contributed by atoms with Crippen molar-refractivity contribution in [2.24, 2.45) is 0 Å². The van der Waals surface area contributed by atoms with Crippen molar-refractivity contribution in [1.29, 1.82) is 0 Å². The Morgan fingerprint density at radius 2 is 1.09 bits per heavy atom. The number of aliphatic hydroxyl groups excluding tert-OH is 1. The molecule has 0 aliphatic heterocycles. The van der Waals surface area contributed by atoms with Crippen LogP contribution in [0.3, 0.4) is 0 Å². The summed E-state index contributed by atoms with van der Waals surface area (Å²) in [5.41, 5.74) is 0. The minimum absolute atomic E-state index is 0.148. The molecular formula is C18H38O4S. The fraction of sp³-hybridized carbons (Fsp3) is 1.00. The first-order valence-electron chi connectivity index (χ1n) is 9.59. The minimum atomic E-state index is -3.92. The zero-order valence-corrected chi connectivity index (χ0v) is 15.8. The molecule has 0 bridgehead atoms. The van der Waals surface area contributed by atoms with Crippen molar-refractivity contribution in [2.75, 3.05) is 6.61 Å². The highest BCUT2D eigenvalue weighted by Crippen LogP contribution is 2.18. The molecule has 0 aromatic carbocycles. The van der Waals surface area contributed by atoms with E-state index in [0.29, 0.717) is 19.3 Å². The summed E-state index contributed by atoms with van der Waals surface area (Å²) in [6.07, 6.45) is 15.6. The number of unbranched alkanes of at least 4 members (excludes halogenated alkanes) is 11. The molecule has 0 aromatic rings. The molecule has 0 radical (unpaired) electrons. The van der Waals surface area contributed by atoms with E-state index < -0.39 is 15.4 Å². The van der Waals surface area contributed by atoms with E-state index in [1.54, 1.807) is 0 Å². The monoisotopic (exact) mass is 350 g/mol. The molecule has 0 aliphatic carbocycles. The lowest BCUT2D eigenvalue weighted by Crippen LogP contribution is -2.20. The second-order valence-corrected chi connectivity index (χ2v) is 8.38. The lowest BCUT2D eigenvalue weighted by molar-refractivity contribution is 0.282. The normalized spacial score (nSPS) is 13.3. The summed E-state index contributed by atoms with van der Waals surface area (Å²) >= 11 is 0. The van der Waals surface area contributed by atoms with Gasteiger partial charge in [0, 0.05) is 6.61 Å². The first-order chi connectivity index (χ1) is 11.0. The van der Waals surface area contributed by atoms with Gasteiger partial charge in [0.2, 0.25) is 0 Å². The van der Waals surface area contributed by atoms with Crippen LogP contribution in [0.2, 0.25) is 0 Å². The molecule has 0 aromatic heterocycles. The predicted octanol–water partition coefficient (Wildman–Crippen LogP) is 5.11. The summed E-state index contributed by atoms with van der Waals surface area (Å²) in [5, 5.41) is 8.11.